The molecule has 8 atom stereocenters. The molecule has 1 aliphatic rings. The molecule has 1 fully saturated rings. The molecule has 19 nitrogen and oxygen atoms in total. The van der Waals surface area contributed by atoms with Crippen LogP contribution in [0, 0.1) is 5.92 Å². The fraction of sp³-hybridized carbons (Fsp3) is 0.644. The molecule has 0 amide bonds. The number of anilines is 1. The van der Waals surface area contributed by atoms with Gasteiger partial charge in [0.05, 0.1) is 19.3 Å². The average molecular weight is 974 g/mol. The first-order chi connectivity index (χ1) is 31.4. The van der Waals surface area contributed by atoms with Gasteiger partial charge >= 0.3 is 33.3 Å². The van der Waals surface area contributed by atoms with E-state index in [4.69, 9.17) is 29.0 Å². The molecular formula is C45H73N3O16P2. The summed E-state index contributed by atoms with van der Waals surface area (Å²) >= 11 is 0. The number of esters is 2. The van der Waals surface area contributed by atoms with E-state index in [0.717, 1.165) is 62.1 Å². The zero-order valence-electron chi connectivity index (χ0n) is 38.5. The monoisotopic (exact) mass is 973 g/mol. The quantitative estimate of drug-likeness (QED) is 0.0129. The number of rotatable bonds is 35. The van der Waals surface area contributed by atoms with E-state index in [9.17, 15) is 48.6 Å². The Kier molecular flexibility index (Phi) is 29.3. The molecule has 21 heteroatoms. The second-order valence-electron chi connectivity index (χ2n) is 16.2. The van der Waals surface area contributed by atoms with Gasteiger partial charge in [0.15, 0.2) is 12.3 Å². The standard InChI is InChI=1S/C45H73N3O16P2/c1-4-5-6-7-8-9-10-11-12-13-16-19-22-26-36(49)27-24-29-41(51)62-37(32-59-40(50)28-23-20-17-14-15-18-21-25-35(2)3)33-60-65(55,56)64-66(57,58)61-34-38-42(52)43(53)44(63-38)48-31-30-39(46)47-45(48)54/h5-6,8-9,11-12,16,19,22,26,30-31,35-38,42-44,49,52-53H,4,7,10,13-15,17-18,20-21,23-25,27-29,32-34H2,1-3H3,(H,55,56)(H,57,58)(H2,46,47,54)/b6-5-,9-8-,12-11-,19-16-,26-22+/t36?,37-,38-,42-,43-,44-/m1/s1. The van der Waals surface area contributed by atoms with Crippen molar-refractivity contribution in [3.8, 4) is 0 Å². The van der Waals surface area contributed by atoms with Crippen LogP contribution in [0.3, 0.4) is 0 Å². The van der Waals surface area contributed by atoms with E-state index in [1.54, 1.807) is 18.2 Å². The molecule has 1 saturated heterocycles. The molecule has 0 radical (unpaired) electrons. The molecule has 1 aromatic heterocycles. The van der Waals surface area contributed by atoms with Crippen LogP contribution in [-0.4, -0.2) is 96.9 Å². The number of aliphatic hydroxyl groups excluding tert-OH is 3. The van der Waals surface area contributed by atoms with Crippen molar-refractivity contribution in [1.29, 1.82) is 0 Å². The summed E-state index contributed by atoms with van der Waals surface area (Å²) < 4.78 is 56.4. The van der Waals surface area contributed by atoms with Gasteiger partial charge in [-0.15, -0.1) is 0 Å². The van der Waals surface area contributed by atoms with E-state index >= 15 is 0 Å². The highest BCUT2D eigenvalue weighted by Crippen LogP contribution is 2.60. The Balaban J connectivity index is 1.89. The molecule has 374 valence electrons. The maximum atomic E-state index is 12.8. The number of hydrogen-bond donors (Lipinski definition) is 6. The Bertz CT molecular complexity index is 1870. The third kappa shape index (κ3) is 26.7. The Morgan fingerprint density at radius 3 is 2.08 bits per heavy atom. The number of carbonyl (C=O) groups is 2. The number of allylic oxidation sites excluding steroid dienone is 9. The normalized spacial score (nSPS) is 20.8. The lowest BCUT2D eigenvalue weighted by Gasteiger charge is -2.21. The largest absolute Gasteiger partial charge is 0.481 e. The van der Waals surface area contributed by atoms with Crippen LogP contribution in [0.15, 0.2) is 77.8 Å². The molecule has 0 spiro atoms. The van der Waals surface area contributed by atoms with Gasteiger partial charge in [-0.1, -0.05) is 126 Å². The van der Waals surface area contributed by atoms with Crippen LogP contribution >= 0.6 is 15.6 Å². The van der Waals surface area contributed by atoms with Crippen molar-refractivity contribution in [1.82, 2.24) is 9.55 Å². The SMILES string of the molecule is CC/C=C\C/C=C\C/C=C\C/C=C\C=C\C(O)CCCC(=O)O[C@H](COC(=O)CCCCCCCCCC(C)C)COP(=O)(O)OP(=O)(O)OC[C@H]1O[C@@H](n2ccc(N)nc2=O)[C@H](O)[C@@H]1O. The smallest absolute Gasteiger partial charge is 0.462 e. The molecule has 7 N–H and O–H groups in total. The molecule has 2 heterocycles. The third-order valence-electron chi connectivity index (χ3n) is 9.90. The first kappa shape index (κ1) is 58.5. The molecule has 0 aliphatic carbocycles. The van der Waals surface area contributed by atoms with Gasteiger partial charge in [0.25, 0.3) is 0 Å². The summed E-state index contributed by atoms with van der Waals surface area (Å²) in [4.78, 5) is 61.6. The molecule has 0 bridgehead atoms. The number of hydrogen-bond acceptors (Lipinski definition) is 16. The minimum atomic E-state index is -5.47. The van der Waals surface area contributed by atoms with E-state index < -0.39 is 89.8 Å². The predicted octanol–water partition coefficient (Wildman–Crippen LogP) is 7.21. The Morgan fingerprint density at radius 1 is 0.818 bits per heavy atom. The first-order valence-electron chi connectivity index (χ1n) is 22.8. The Labute approximate surface area is 388 Å². The lowest BCUT2D eigenvalue weighted by Crippen LogP contribution is -2.36. The summed E-state index contributed by atoms with van der Waals surface area (Å²) in [6, 6.07) is 1.23. The molecule has 66 heavy (non-hydrogen) atoms. The van der Waals surface area contributed by atoms with Gasteiger partial charge in [-0.25, -0.2) is 13.9 Å². The van der Waals surface area contributed by atoms with Crippen LogP contribution in [0.25, 0.3) is 0 Å². The zero-order chi connectivity index (χ0) is 48.8. The molecule has 2 rings (SSSR count). The van der Waals surface area contributed by atoms with Crippen molar-refractivity contribution in [2.24, 2.45) is 5.92 Å². The first-order valence-corrected chi connectivity index (χ1v) is 25.8. The minimum absolute atomic E-state index is 0.0820. The van der Waals surface area contributed by atoms with Gasteiger partial charge in [0, 0.05) is 19.0 Å². The predicted molar refractivity (Wildman–Crippen MR) is 248 cm³/mol. The van der Waals surface area contributed by atoms with Gasteiger partial charge in [0.1, 0.15) is 30.7 Å². The van der Waals surface area contributed by atoms with Crippen molar-refractivity contribution in [3.05, 3.63) is 83.5 Å². The van der Waals surface area contributed by atoms with Crippen molar-refractivity contribution in [2.75, 3.05) is 25.6 Å². The summed E-state index contributed by atoms with van der Waals surface area (Å²) in [5.41, 5.74) is 4.56. The van der Waals surface area contributed by atoms with Crippen LogP contribution in [0.2, 0.25) is 0 Å². The Morgan fingerprint density at radius 2 is 1.42 bits per heavy atom. The van der Waals surface area contributed by atoms with Crippen LogP contribution in [0.1, 0.15) is 130 Å². The number of ether oxygens (including phenoxy) is 3. The second-order valence-corrected chi connectivity index (χ2v) is 19.2. The number of nitrogen functional groups attached to an aromatic ring is 1. The van der Waals surface area contributed by atoms with Crippen LogP contribution in [0.4, 0.5) is 5.82 Å². The van der Waals surface area contributed by atoms with Crippen molar-refractivity contribution in [3.63, 3.8) is 0 Å². The van der Waals surface area contributed by atoms with Crippen molar-refractivity contribution in [2.45, 2.75) is 160 Å². The summed E-state index contributed by atoms with van der Waals surface area (Å²) in [6.45, 7) is 4.02. The van der Waals surface area contributed by atoms with E-state index in [0.29, 0.717) is 12.3 Å². The van der Waals surface area contributed by atoms with E-state index in [-0.39, 0.29) is 31.5 Å². The highest BCUT2D eigenvalue weighted by Gasteiger charge is 2.46. The number of carbonyl (C=O) groups excluding carboxylic acids is 2. The van der Waals surface area contributed by atoms with Crippen LogP contribution in [-0.2, 0) is 46.3 Å². The molecule has 3 unspecified atom stereocenters. The molecule has 1 aliphatic heterocycles. The number of nitrogens with two attached hydrogens (primary N) is 1. The molecule has 0 saturated carbocycles. The van der Waals surface area contributed by atoms with Gasteiger partial charge in [0.2, 0.25) is 0 Å². The highest BCUT2D eigenvalue weighted by atomic mass is 31.3. The minimum Gasteiger partial charge on any atom is -0.462 e. The lowest BCUT2D eigenvalue weighted by atomic mass is 10.0. The van der Waals surface area contributed by atoms with E-state index in [1.165, 1.54) is 25.3 Å². The summed E-state index contributed by atoms with van der Waals surface area (Å²) in [5.74, 6) is -0.838. The summed E-state index contributed by atoms with van der Waals surface area (Å²) in [6.07, 6.45) is 23.9. The third-order valence-corrected chi connectivity index (χ3v) is 12.5. The topological polar surface area (TPSA) is 286 Å². The maximum Gasteiger partial charge on any atom is 0.481 e. The number of aliphatic hydroxyl groups is 3. The van der Waals surface area contributed by atoms with Gasteiger partial charge in [-0.05, 0) is 56.9 Å². The summed E-state index contributed by atoms with van der Waals surface area (Å²) in [7, 11) is -10.9. The van der Waals surface area contributed by atoms with Crippen molar-refractivity contribution >= 4 is 33.4 Å². The van der Waals surface area contributed by atoms with Crippen LogP contribution < -0.4 is 11.4 Å². The summed E-state index contributed by atoms with van der Waals surface area (Å²) in [5, 5.41) is 31.2. The van der Waals surface area contributed by atoms with Gasteiger partial charge < -0.3 is 45.1 Å². The number of phosphoric acid groups is 2. The fourth-order valence-electron chi connectivity index (χ4n) is 6.35. The number of phosphoric ester groups is 2. The second kappa shape index (κ2) is 33.0. The number of unbranched alkanes of at least 4 members (excludes halogenated alkanes) is 6. The fourth-order valence-corrected chi connectivity index (χ4v) is 8.46. The average Bonchev–Trinajstić information content (AvgIpc) is 3.53. The van der Waals surface area contributed by atoms with Crippen molar-refractivity contribution < 1.29 is 71.4 Å². The Hall–Kier alpha value is -3.58. The number of aromatic nitrogens is 2. The van der Waals surface area contributed by atoms with Gasteiger partial charge in [-0.2, -0.15) is 9.29 Å². The molecule has 1 aromatic rings. The molecule has 0 aromatic carbocycles. The zero-order valence-corrected chi connectivity index (χ0v) is 40.3. The van der Waals surface area contributed by atoms with E-state index in [2.05, 4.69) is 60.4 Å². The lowest BCUT2D eigenvalue weighted by molar-refractivity contribution is -0.161. The number of nitrogens with zero attached hydrogens (tertiary/aromatic N) is 2. The van der Waals surface area contributed by atoms with E-state index in [1.807, 2.05) is 12.2 Å². The van der Waals surface area contributed by atoms with Crippen LogP contribution in [0.5, 0.6) is 0 Å². The maximum absolute atomic E-state index is 12.8. The molecular weight excluding hydrogens is 900 g/mol. The van der Waals surface area contributed by atoms with Gasteiger partial charge in [-0.3, -0.25) is 23.2 Å². The highest BCUT2D eigenvalue weighted by molar-refractivity contribution is 7.61.